The monoisotopic (exact) mass is 202 g/mol. The van der Waals surface area contributed by atoms with E-state index in [9.17, 15) is 4.79 Å². The third kappa shape index (κ3) is 5.72. The van der Waals surface area contributed by atoms with E-state index in [1.165, 1.54) is 0 Å². The summed E-state index contributed by atoms with van der Waals surface area (Å²) in [6.45, 7) is 6.96. The maximum Gasteiger partial charge on any atom is 0.333 e. The molecule has 0 saturated carbocycles. The number of likely N-dealkylation sites (N-methyl/N-ethyl adjacent to an activating group) is 1. The van der Waals surface area contributed by atoms with Gasteiger partial charge in [0.1, 0.15) is 19.7 Å². The van der Waals surface area contributed by atoms with Crippen LogP contribution >= 0.6 is 0 Å². The zero-order chi connectivity index (χ0) is 11.2. The van der Waals surface area contributed by atoms with Gasteiger partial charge < -0.3 is 14.3 Å². The van der Waals surface area contributed by atoms with Crippen LogP contribution in [0.4, 0.5) is 0 Å². The van der Waals surface area contributed by atoms with Gasteiger partial charge in [-0.15, -0.1) is 0 Å². The normalized spacial score (nSPS) is 11.1. The standard InChI is InChI=1S/C10H20NO3/c1-9(2)10(13)14-8-6-11(3,4)5-7-12/h12H,1,5-8H2,2-4H3/q+1. The van der Waals surface area contributed by atoms with Gasteiger partial charge in [0.2, 0.25) is 0 Å². The largest absolute Gasteiger partial charge is 0.456 e. The zero-order valence-electron chi connectivity index (χ0n) is 9.25. The Balaban J connectivity index is 3.73. The number of rotatable bonds is 6. The van der Waals surface area contributed by atoms with Crippen LogP contribution in [0.5, 0.6) is 0 Å². The fourth-order valence-electron chi connectivity index (χ4n) is 0.891. The van der Waals surface area contributed by atoms with Gasteiger partial charge in [0.25, 0.3) is 0 Å². The summed E-state index contributed by atoms with van der Waals surface area (Å²) in [4.78, 5) is 11.0. The second-order valence-corrected chi connectivity index (χ2v) is 4.02. The molecule has 0 amide bonds. The fourth-order valence-corrected chi connectivity index (χ4v) is 0.891. The first kappa shape index (κ1) is 13.1. The van der Waals surface area contributed by atoms with Crippen LogP contribution in [0.3, 0.4) is 0 Å². The summed E-state index contributed by atoms with van der Waals surface area (Å²) in [6, 6.07) is 0. The molecule has 0 aliphatic rings. The van der Waals surface area contributed by atoms with Crippen molar-refractivity contribution in [3.63, 3.8) is 0 Å². The Hall–Kier alpha value is -0.870. The summed E-state index contributed by atoms with van der Waals surface area (Å²) >= 11 is 0. The smallest absolute Gasteiger partial charge is 0.333 e. The van der Waals surface area contributed by atoms with E-state index in [4.69, 9.17) is 9.84 Å². The number of quaternary nitrogens is 1. The Labute approximate surface area is 85.4 Å². The lowest BCUT2D eigenvalue weighted by molar-refractivity contribution is -0.890. The molecule has 1 N–H and O–H groups in total. The summed E-state index contributed by atoms with van der Waals surface area (Å²) in [5, 5.41) is 8.76. The Bertz CT molecular complexity index is 211. The molecule has 4 heteroatoms. The fraction of sp³-hybridized carbons (Fsp3) is 0.700. The van der Waals surface area contributed by atoms with Crippen molar-refractivity contribution < 1.29 is 19.1 Å². The minimum atomic E-state index is -0.353. The van der Waals surface area contributed by atoms with Crippen LogP contribution in [-0.4, -0.2) is 56.0 Å². The molecule has 0 aromatic rings. The number of carbonyl (C=O) groups excluding carboxylic acids is 1. The van der Waals surface area contributed by atoms with Crippen molar-refractivity contribution in [2.75, 3.05) is 40.4 Å². The number of aliphatic hydroxyl groups is 1. The van der Waals surface area contributed by atoms with Gasteiger partial charge in [-0.3, -0.25) is 0 Å². The maximum absolute atomic E-state index is 11.0. The molecule has 0 atom stereocenters. The molecule has 0 spiro atoms. The third-order valence-corrected chi connectivity index (χ3v) is 1.98. The summed E-state index contributed by atoms with van der Waals surface area (Å²) in [5.74, 6) is -0.353. The predicted octanol–water partition coefficient (Wildman–Crippen LogP) is 0.174. The minimum Gasteiger partial charge on any atom is -0.456 e. The SMILES string of the molecule is C=C(C)C(=O)OCC[N+](C)(C)CCO. The summed E-state index contributed by atoms with van der Waals surface area (Å²) in [6.07, 6.45) is 0. The van der Waals surface area contributed by atoms with Crippen molar-refractivity contribution in [3.8, 4) is 0 Å². The molecular weight excluding hydrogens is 182 g/mol. The molecule has 0 fully saturated rings. The van der Waals surface area contributed by atoms with Crippen LogP contribution in [0.2, 0.25) is 0 Å². The van der Waals surface area contributed by atoms with Crippen molar-refractivity contribution in [1.29, 1.82) is 0 Å². The highest BCUT2D eigenvalue weighted by molar-refractivity contribution is 5.86. The van der Waals surface area contributed by atoms with Crippen LogP contribution < -0.4 is 0 Å². The number of ether oxygens (including phenoxy) is 1. The Kier molecular flexibility index (Phi) is 5.42. The molecule has 0 aliphatic heterocycles. The Morgan fingerprint density at radius 3 is 2.43 bits per heavy atom. The van der Waals surface area contributed by atoms with E-state index in [0.717, 1.165) is 0 Å². The van der Waals surface area contributed by atoms with Crippen LogP contribution in [0.25, 0.3) is 0 Å². The molecule has 0 bridgehead atoms. The first-order valence-electron chi connectivity index (χ1n) is 4.64. The average molecular weight is 202 g/mol. The van der Waals surface area contributed by atoms with E-state index < -0.39 is 0 Å². The first-order chi connectivity index (χ1) is 6.39. The van der Waals surface area contributed by atoms with E-state index in [0.29, 0.717) is 29.8 Å². The molecule has 0 saturated heterocycles. The van der Waals surface area contributed by atoms with Gasteiger partial charge in [-0.05, 0) is 6.92 Å². The minimum absolute atomic E-state index is 0.140. The summed E-state index contributed by atoms with van der Waals surface area (Å²) in [7, 11) is 3.95. The van der Waals surface area contributed by atoms with Crippen molar-refractivity contribution >= 4 is 5.97 Å². The van der Waals surface area contributed by atoms with Crippen LogP contribution in [0.1, 0.15) is 6.92 Å². The third-order valence-electron chi connectivity index (χ3n) is 1.98. The van der Waals surface area contributed by atoms with Crippen LogP contribution in [0.15, 0.2) is 12.2 Å². The highest BCUT2D eigenvalue weighted by atomic mass is 16.5. The van der Waals surface area contributed by atoms with E-state index in [2.05, 4.69) is 6.58 Å². The van der Waals surface area contributed by atoms with Gasteiger partial charge >= 0.3 is 5.97 Å². The molecule has 0 aromatic heterocycles. The Morgan fingerprint density at radius 1 is 1.43 bits per heavy atom. The highest BCUT2D eigenvalue weighted by Crippen LogP contribution is 1.97. The van der Waals surface area contributed by atoms with Gasteiger partial charge in [-0.25, -0.2) is 4.79 Å². The number of hydrogen-bond donors (Lipinski definition) is 1. The molecule has 82 valence electrons. The van der Waals surface area contributed by atoms with Crippen molar-refractivity contribution in [2.45, 2.75) is 6.92 Å². The molecule has 4 nitrogen and oxygen atoms in total. The van der Waals surface area contributed by atoms with Gasteiger partial charge in [-0.2, -0.15) is 0 Å². The molecule has 0 radical (unpaired) electrons. The van der Waals surface area contributed by atoms with Crippen molar-refractivity contribution in [3.05, 3.63) is 12.2 Å². The Morgan fingerprint density at radius 2 is 2.00 bits per heavy atom. The van der Waals surface area contributed by atoms with E-state index in [-0.39, 0.29) is 12.6 Å². The molecule has 0 unspecified atom stereocenters. The molecule has 0 aliphatic carbocycles. The van der Waals surface area contributed by atoms with Crippen molar-refractivity contribution in [2.24, 2.45) is 0 Å². The summed E-state index contributed by atoms with van der Waals surface area (Å²) in [5.41, 5.74) is 0.414. The van der Waals surface area contributed by atoms with Crippen molar-refractivity contribution in [1.82, 2.24) is 0 Å². The van der Waals surface area contributed by atoms with Gasteiger partial charge in [0.05, 0.1) is 20.7 Å². The predicted molar refractivity (Wildman–Crippen MR) is 54.7 cm³/mol. The van der Waals surface area contributed by atoms with E-state index in [1.54, 1.807) is 6.92 Å². The second-order valence-electron chi connectivity index (χ2n) is 4.02. The number of nitrogens with zero attached hydrogens (tertiary/aromatic N) is 1. The number of esters is 1. The summed E-state index contributed by atoms with van der Waals surface area (Å²) < 4.78 is 5.59. The number of aliphatic hydroxyl groups excluding tert-OH is 1. The lowest BCUT2D eigenvalue weighted by atomic mass is 10.4. The second kappa shape index (κ2) is 5.78. The van der Waals surface area contributed by atoms with Crippen LogP contribution in [0, 0.1) is 0 Å². The molecular formula is C10H20NO3+. The molecule has 0 rings (SSSR count). The van der Waals surface area contributed by atoms with E-state index in [1.807, 2.05) is 14.1 Å². The van der Waals surface area contributed by atoms with E-state index >= 15 is 0 Å². The van der Waals surface area contributed by atoms with Gasteiger partial charge in [-0.1, -0.05) is 6.58 Å². The molecule has 14 heavy (non-hydrogen) atoms. The lowest BCUT2D eigenvalue weighted by Crippen LogP contribution is -2.44. The lowest BCUT2D eigenvalue weighted by Gasteiger charge is -2.28. The number of hydrogen-bond acceptors (Lipinski definition) is 3. The average Bonchev–Trinajstić information content (AvgIpc) is 2.03. The van der Waals surface area contributed by atoms with Gasteiger partial charge in [0, 0.05) is 5.57 Å². The first-order valence-corrected chi connectivity index (χ1v) is 4.64. The molecule has 0 aromatic carbocycles. The van der Waals surface area contributed by atoms with Crippen LogP contribution in [-0.2, 0) is 9.53 Å². The topological polar surface area (TPSA) is 46.5 Å². The zero-order valence-corrected chi connectivity index (χ0v) is 9.25. The highest BCUT2D eigenvalue weighted by Gasteiger charge is 2.14. The number of carbonyl (C=O) groups is 1. The maximum atomic E-state index is 11.0. The molecule has 0 heterocycles. The van der Waals surface area contributed by atoms with Gasteiger partial charge in [0.15, 0.2) is 0 Å². The quantitative estimate of drug-likeness (QED) is 0.379.